The van der Waals surface area contributed by atoms with Crippen molar-refractivity contribution in [2.75, 3.05) is 33.5 Å². The van der Waals surface area contributed by atoms with Gasteiger partial charge in [-0.1, -0.05) is 18.2 Å². The summed E-state index contributed by atoms with van der Waals surface area (Å²) in [6.07, 6.45) is 0. The highest BCUT2D eigenvalue weighted by Gasteiger charge is 1.91. The SMILES string of the molecule is COCCOCCOc1ccccc1. The van der Waals surface area contributed by atoms with Crippen molar-refractivity contribution in [2.45, 2.75) is 0 Å². The molecule has 0 unspecified atom stereocenters. The molecule has 0 N–H and O–H groups in total. The van der Waals surface area contributed by atoms with E-state index in [-0.39, 0.29) is 0 Å². The van der Waals surface area contributed by atoms with Crippen molar-refractivity contribution in [3.05, 3.63) is 30.3 Å². The molecule has 1 aromatic rings. The molecule has 0 aliphatic carbocycles. The monoisotopic (exact) mass is 196 g/mol. The van der Waals surface area contributed by atoms with Crippen molar-refractivity contribution < 1.29 is 14.2 Å². The Hall–Kier alpha value is -1.06. The van der Waals surface area contributed by atoms with Gasteiger partial charge in [0, 0.05) is 7.11 Å². The van der Waals surface area contributed by atoms with Crippen LogP contribution in [0.15, 0.2) is 30.3 Å². The zero-order chi connectivity index (χ0) is 10.1. The van der Waals surface area contributed by atoms with Crippen LogP contribution >= 0.6 is 0 Å². The number of hydrogen-bond donors (Lipinski definition) is 0. The predicted molar refractivity (Wildman–Crippen MR) is 54.6 cm³/mol. The topological polar surface area (TPSA) is 27.7 Å². The van der Waals surface area contributed by atoms with Gasteiger partial charge >= 0.3 is 0 Å². The fraction of sp³-hybridized carbons (Fsp3) is 0.455. The maximum Gasteiger partial charge on any atom is 0.119 e. The molecule has 0 atom stereocenters. The first-order valence-corrected chi connectivity index (χ1v) is 4.68. The molecule has 0 saturated heterocycles. The summed E-state index contributed by atoms with van der Waals surface area (Å²) in [5.74, 6) is 0.878. The third-order valence-corrected chi connectivity index (χ3v) is 1.67. The van der Waals surface area contributed by atoms with Crippen LogP contribution in [0.5, 0.6) is 5.75 Å². The molecule has 0 radical (unpaired) electrons. The molecule has 0 saturated carbocycles. The second-order valence-corrected chi connectivity index (χ2v) is 2.77. The van der Waals surface area contributed by atoms with Crippen molar-refractivity contribution in [2.24, 2.45) is 0 Å². The van der Waals surface area contributed by atoms with Crippen molar-refractivity contribution >= 4 is 0 Å². The van der Waals surface area contributed by atoms with Crippen molar-refractivity contribution in [3.63, 3.8) is 0 Å². The normalized spacial score (nSPS) is 10.1. The van der Waals surface area contributed by atoms with Crippen LogP contribution in [0.1, 0.15) is 0 Å². The number of ether oxygens (including phenoxy) is 3. The van der Waals surface area contributed by atoms with Crippen LogP contribution in [0.4, 0.5) is 0 Å². The van der Waals surface area contributed by atoms with Crippen LogP contribution < -0.4 is 4.74 Å². The van der Waals surface area contributed by atoms with Gasteiger partial charge < -0.3 is 14.2 Å². The number of rotatable bonds is 7. The predicted octanol–water partition coefficient (Wildman–Crippen LogP) is 1.73. The highest BCUT2D eigenvalue weighted by atomic mass is 16.5. The summed E-state index contributed by atoms with van der Waals surface area (Å²) in [5.41, 5.74) is 0. The standard InChI is InChI=1S/C11H16O3/c1-12-7-8-13-9-10-14-11-5-3-2-4-6-11/h2-6H,7-10H2,1H3. The Balaban J connectivity index is 1.99. The molecule has 0 heterocycles. The summed E-state index contributed by atoms with van der Waals surface area (Å²) in [7, 11) is 1.66. The smallest absolute Gasteiger partial charge is 0.119 e. The summed E-state index contributed by atoms with van der Waals surface area (Å²) in [4.78, 5) is 0. The zero-order valence-electron chi connectivity index (χ0n) is 8.44. The first kappa shape index (κ1) is 11.0. The fourth-order valence-corrected chi connectivity index (χ4v) is 0.979. The number of hydrogen-bond acceptors (Lipinski definition) is 3. The summed E-state index contributed by atoms with van der Waals surface area (Å²) in [6, 6.07) is 9.70. The molecule has 0 aliphatic rings. The first-order chi connectivity index (χ1) is 6.93. The molecule has 0 bridgehead atoms. The van der Waals surface area contributed by atoms with Gasteiger partial charge in [-0.15, -0.1) is 0 Å². The van der Waals surface area contributed by atoms with Gasteiger partial charge in [0.1, 0.15) is 12.4 Å². The minimum Gasteiger partial charge on any atom is -0.491 e. The van der Waals surface area contributed by atoms with Crippen molar-refractivity contribution in [1.29, 1.82) is 0 Å². The van der Waals surface area contributed by atoms with Gasteiger partial charge in [-0.2, -0.15) is 0 Å². The Bertz CT molecular complexity index is 223. The van der Waals surface area contributed by atoms with E-state index in [1.54, 1.807) is 7.11 Å². The maximum absolute atomic E-state index is 5.42. The van der Waals surface area contributed by atoms with Crippen LogP contribution in [0.2, 0.25) is 0 Å². The summed E-state index contributed by atoms with van der Waals surface area (Å²) >= 11 is 0. The molecule has 3 heteroatoms. The van der Waals surface area contributed by atoms with Gasteiger partial charge in [0.25, 0.3) is 0 Å². The molecule has 3 nitrogen and oxygen atoms in total. The highest BCUT2D eigenvalue weighted by Crippen LogP contribution is 2.07. The van der Waals surface area contributed by atoms with E-state index in [1.807, 2.05) is 30.3 Å². The molecule has 0 spiro atoms. The quantitative estimate of drug-likeness (QED) is 0.621. The Labute approximate surface area is 84.6 Å². The van der Waals surface area contributed by atoms with E-state index in [9.17, 15) is 0 Å². The molecule has 0 aromatic heterocycles. The van der Waals surface area contributed by atoms with Gasteiger partial charge in [0.15, 0.2) is 0 Å². The number of para-hydroxylation sites is 1. The number of methoxy groups -OCH3 is 1. The Morgan fingerprint density at radius 3 is 2.36 bits per heavy atom. The summed E-state index contributed by atoms with van der Waals surface area (Å²) < 4.78 is 15.5. The van der Waals surface area contributed by atoms with E-state index in [1.165, 1.54) is 0 Å². The molecule has 78 valence electrons. The number of benzene rings is 1. The van der Waals surface area contributed by atoms with E-state index in [4.69, 9.17) is 14.2 Å². The first-order valence-electron chi connectivity index (χ1n) is 4.68. The van der Waals surface area contributed by atoms with Crippen LogP contribution in [-0.4, -0.2) is 33.5 Å². The molecule has 0 amide bonds. The Morgan fingerprint density at radius 1 is 0.929 bits per heavy atom. The average molecular weight is 196 g/mol. The lowest BCUT2D eigenvalue weighted by Gasteiger charge is -2.06. The maximum atomic E-state index is 5.42. The molecule has 1 aromatic carbocycles. The molecule has 0 fully saturated rings. The lowest BCUT2D eigenvalue weighted by Crippen LogP contribution is -2.09. The van der Waals surface area contributed by atoms with Crippen molar-refractivity contribution in [1.82, 2.24) is 0 Å². The Morgan fingerprint density at radius 2 is 1.64 bits per heavy atom. The molecule has 14 heavy (non-hydrogen) atoms. The highest BCUT2D eigenvalue weighted by molar-refractivity contribution is 5.20. The second-order valence-electron chi connectivity index (χ2n) is 2.77. The van der Waals surface area contributed by atoms with Crippen LogP contribution in [-0.2, 0) is 9.47 Å². The van der Waals surface area contributed by atoms with Crippen LogP contribution in [0.25, 0.3) is 0 Å². The van der Waals surface area contributed by atoms with E-state index >= 15 is 0 Å². The van der Waals surface area contributed by atoms with Gasteiger partial charge in [0.2, 0.25) is 0 Å². The minimum atomic E-state index is 0.577. The van der Waals surface area contributed by atoms with E-state index in [0.717, 1.165) is 5.75 Å². The minimum absolute atomic E-state index is 0.577. The summed E-state index contributed by atoms with van der Waals surface area (Å²) in [5, 5.41) is 0. The van der Waals surface area contributed by atoms with Crippen LogP contribution in [0.3, 0.4) is 0 Å². The molecular weight excluding hydrogens is 180 g/mol. The van der Waals surface area contributed by atoms with Crippen molar-refractivity contribution in [3.8, 4) is 5.75 Å². The van der Waals surface area contributed by atoms with Gasteiger partial charge in [0.05, 0.1) is 19.8 Å². The van der Waals surface area contributed by atoms with Gasteiger partial charge in [-0.05, 0) is 12.1 Å². The second kappa shape index (κ2) is 7.35. The van der Waals surface area contributed by atoms with Crippen LogP contribution in [0, 0.1) is 0 Å². The van der Waals surface area contributed by atoms with Gasteiger partial charge in [-0.3, -0.25) is 0 Å². The Kier molecular flexibility index (Phi) is 5.79. The lowest BCUT2D eigenvalue weighted by atomic mass is 10.3. The van der Waals surface area contributed by atoms with Gasteiger partial charge in [-0.25, -0.2) is 0 Å². The fourth-order valence-electron chi connectivity index (χ4n) is 0.979. The molecule has 0 aliphatic heterocycles. The third kappa shape index (κ3) is 4.84. The molecular formula is C11H16O3. The molecule has 1 rings (SSSR count). The third-order valence-electron chi connectivity index (χ3n) is 1.67. The summed E-state index contributed by atoms with van der Waals surface area (Å²) in [6.45, 7) is 2.42. The van der Waals surface area contributed by atoms with E-state index in [0.29, 0.717) is 26.4 Å². The average Bonchev–Trinajstić information content (AvgIpc) is 2.25. The van der Waals surface area contributed by atoms with E-state index in [2.05, 4.69) is 0 Å². The van der Waals surface area contributed by atoms with E-state index < -0.39 is 0 Å². The lowest BCUT2D eigenvalue weighted by molar-refractivity contribution is 0.0544. The largest absolute Gasteiger partial charge is 0.491 e. The zero-order valence-corrected chi connectivity index (χ0v) is 8.44.